The van der Waals surface area contributed by atoms with Crippen LogP contribution in [-0.4, -0.2) is 14.1 Å². The van der Waals surface area contributed by atoms with E-state index in [1.165, 1.54) is 14.0 Å². The van der Waals surface area contributed by atoms with Gasteiger partial charge in [-0.05, 0) is 12.5 Å². The fraction of sp³-hybridized carbons (Fsp3) is 0.250. The minimum atomic E-state index is -5.00. The van der Waals surface area contributed by atoms with Crippen LogP contribution in [-0.2, 0) is 0 Å². The summed E-state index contributed by atoms with van der Waals surface area (Å²) >= 11 is 5.63. The van der Waals surface area contributed by atoms with E-state index in [0.29, 0.717) is 5.56 Å². The first-order valence-corrected chi connectivity index (χ1v) is 4.28. The van der Waals surface area contributed by atoms with Crippen molar-refractivity contribution in [3.05, 3.63) is 22.7 Å². The molecular formula is C8H8BClF3O-. The summed E-state index contributed by atoms with van der Waals surface area (Å²) in [5.74, 6) is 0.287. The van der Waals surface area contributed by atoms with Gasteiger partial charge in [0.2, 0.25) is 0 Å². The second-order valence-electron chi connectivity index (χ2n) is 2.93. The number of ether oxygens (including phenoxy) is 1. The second kappa shape index (κ2) is 3.73. The first-order valence-electron chi connectivity index (χ1n) is 3.90. The predicted octanol–water partition coefficient (Wildman–Crippen LogP) is 2.71. The highest BCUT2D eigenvalue weighted by molar-refractivity contribution is 6.73. The van der Waals surface area contributed by atoms with Gasteiger partial charge in [0.1, 0.15) is 5.75 Å². The molecule has 0 fully saturated rings. The van der Waals surface area contributed by atoms with Crippen LogP contribution in [0.4, 0.5) is 12.9 Å². The van der Waals surface area contributed by atoms with Crippen LogP contribution in [0.1, 0.15) is 5.56 Å². The second-order valence-corrected chi connectivity index (χ2v) is 3.33. The Hall–Kier alpha value is -0.835. The highest BCUT2D eigenvalue weighted by atomic mass is 35.5. The molecule has 0 aliphatic rings. The summed E-state index contributed by atoms with van der Waals surface area (Å²) in [5.41, 5.74) is -0.317. The molecule has 0 N–H and O–H groups in total. The minimum absolute atomic E-state index is 0.0123. The van der Waals surface area contributed by atoms with Crippen molar-refractivity contribution < 1.29 is 17.7 Å². The van der Waals surface area contributed by atoms with Crippen LogP contribution in [0.5, 0.6) is 5.75 Å². The fourth-order valence-corrected chi connectivity index (χ4v) is 1.56. The lowest BCUT2D eigenvalue weighted by Crippen LogP contribution is -2.34. The highest BCUT2D eigenvalue weighted by Gasteiger charge is 2.26. The Morgan fingerprint density at radius 3 is 2.21 bits per heavy atom. The van der Waals surface area contributed by atoms with Crippen LogP contribution >= 0.6 is 11.6 Å². The van der Waals surface area contributed by atoms with Gasteiger partial charge in [-0.25, -0.2) is 0 Å². The summed E-state index contributed by atoms with van der Waals surface area (Å²) in [6.45, 7) is -3.48. The molecule has 0 amide bonds. The Labute approximate surface area is 84.9 Å². The number of methoxy groups -OCH3 is 1. The van der Waals surface area contributed by atoms with E-state index in [-0.39, 0.29) is 10.8 Å². The first kappa shape index (κ1) is 11.2. The smallest absolute Gasteiger partial charge is 0.495 e. The Kier molecular flexibility index (Phi) is 2.99. The molecule has 1 aromatic carbocycles. The molecule has 0 aromatic heterocycles. The van der Waals surface area contributed by atoms with Gasteiger partial charge in [0.15, 0.2) is 0 Å². The largest absolute Gasteiger partial charge is 0.509 e. The number of hydrogen-bond acceptors (Lipinski definition) is 1. The van der Waals surface area contributed by atoms with Crippen molar-refractivity contribution >= 4 is 24.0 Å². The van der Waals surface area contributed by atoms with Gasteiger partial charge in [-0.1, -0.05) is 23.7 Å². The monoisotopic (exact) mass is 223 g/mol. The molecule has 0 radical (unpaired) electrons. The lowest BCUT2D eigenvalue weighted by Gasteiger charge is -2.17. The SMILES string of the molecule is COc1c(C)cc([B-](F)(F)F)cc1Cl. The molecule has 1 rings (SSSR count). The van der Waals surface area contributed by atoms with Crippen molar-refractivity contribution in [2.24, 2.45) is 0 Å². The molecule has 6 heteroatoms. The van der Waals surface area contributed by atoms with Gasteiger partial charge in [0.05, 0.1) is 12.1 Å². The van der Waals surface area contributed by atoms with E-state index in [4.69, 9.17) is 16.3 Å². The van der Waals surface area contributed by atoms with E-state index in [2.05, 4.69) is 0 Å². The van der Waals surface area contributed by atoms with Crippen molar-refractivity contribution in [3.8, 4) is 5.75 Å². The van der Waals surface area contributed by atoms with Crippen molar-refractivity contribution in [2.45, 2.75) is 6.92 Å². The molecule has 0 aliphatic carbocycles. The summed E-state index contributed by atoms with van der Waals surface area (Å²) < 4.78 is 41.9. The van der Waals surface area contributed by atoms with Gasteiger partial charge in [-0.3, -0.25) is 0 Å². The number of halogens is 4. The quantitative estimate of drug-likeness (QED) is 0.701. The highest BCUT2D eigenvalue weighted by Crippen LogP contribution is 2.28. The van der Waals surface area contributed by atoms with Crippen molar-refractivity contribution in [3.63, 3.8) is 0 Å². The van der Waals surface area contributed by atoms with Crippen molar-refractivity contribution in [1.29, 1.82) is 0 Å². The topological polar surface area (TPSA) is 9.23 Å². The maximum absolute atomic E-state index is 12.3. The Morgan fingerprint density at radius 1 is 1.29 bits per heavy atom. The average molecular weight is 223 g/mol. The summed E-state index contributed by atoms with van der Waals surface area (Å²) in [6, 6.07) is 1.91. The molecule has 1 nitrogen and oxygen atoms in total. The molecule has 0 heterocycles. The molecule has 0 unspecified atom stereocenters. The lowest BCUT2D eigenvalue weighted by atomic mass is 9.79. The van der Waals surface area contributed by atoms with Gasteiger partial charge in [0, 0.05) is 0 Å². The number of aryl methyl sites for hydroxylation is 1. The predicted molar refractivity (Wildman–Crippen MR) is 51.5 cm³/mol. The zero-order valence-corrected chi connectivity index (χ0v) is 8.41. The molecule has 14 heavy (non-hydrogen) atoms. The van der Waals surface area contributed by atoms with Crippen LogP contribution in [0.3, 0.4) is 0 Å². The molecule has 0 saturated carbocycles. The molecule has 0 aliphatic heterocycles. The number of benzene rings is 1. The van der Waals surface area contributed by atoms with E-state index < -0.39 is 12.4 Å². The van der Waals surface area contributed by atoms with Crippen LogP contribution in [0, 0.1) is 6.92 Å². The molecule has 0 saturated heterocycles. The third kappa shape index (κ3) is 2.15. The van der Waals surface area contributed by atoms with Crippen LogP contribution in [0.25, 0.3) is 0 Å². The number of rotatable bonds is 2. The van der Waals surface area contributed by atoms with E-state index in [9.17, 15) is 12.9 Å². The summed E-state index contributed by atoms with van der Waals surface area (Å²) in [4.78, 5) is 0. The maximum atomic E-state index is 12.3. The molecular weight excluding hydrogens is 215 g/mol. The van der Waals surface area contributed by atoms with Gasteiger partial charge >= 0.3 is 6.98 Å². The van der Waals surface area contributed by atoms with Gasteiger partial charge in [0.25, 0.3) is 0 Å². The van der Waals surface area contributed by atoms with E-state index in [0.717, 1.165) is 12.1 Å². The van der Waals surface area contributed by atoms with Crippen LogP contribution in [0.2, 0.25) is 5.02 Å². The third-order valence-corrected chi connectivity index (χ3v) is 2.11. The summed E-state index contributed by atoms with van der Waals surface area (Å²) in [6.07, 6.45) is 0. The van der Waals surface area contributed by atoms with E-state index in [1.54, 1.807) is 0 Å². The van der Waals surface area contributed by atoms with Gasteiger partial charge in [-0.15, -0.1) is 5.46 Å². The molecule has 1 aromatic rings. The van der Waals surface area contributed by atoms with E-state index in [1.807, 2.05) is 0 Å². The average Bonchev–Trinajstić information content (AvgIpc) is 2.01. The Balaban J connectivity index is 3.28. The normalized spacial score (nSPS) is 11.6. The van der Waals surface area contributed by atoms with Gasteiger partial charge in [-0.2, -0.15) is 0 Å². The van der Waals surface area contributed by atoms with Gasteiger partial charge < -0.3 is 17.7 Å². The van der Waals surface area contributed by atoms with Crippen LogP contribution < -0.4 is 10.2 Å². The van der Waals surface area contributed by atoms with Crippen LogP contribution in [0.15, 0.2) is 12.1 Å². The maximum Gasteiger partial charge on any atom is 0.509 e. The standard InChI is InChI=1S/C8H8BClF3O/c1-5-3-6(9(11,12)13)4-7(10)8(5)14-2/h3-4H,1-2H3/q-1. The van der Waals surface area contributed by atoms with E-state index >= 15 is 0 Å². The Bertz CT molecular complexity index is 328. The molecule has 0 bridgehead atoms. The minimum Gasteiger partial charge on any atom is -0.495 e. The number of hydrogen-bond donors (Lipinski definition) is 0. The first-order chi connectivity index (χ1) is 6.36. The molecule has 78 valence electrons. The fourth-order valence-electron chi connectivity index (χ4n) is 1.20. The third-order valence-electron chi connectivity index (χ3n) is 1.83. The lowest BCUT2D eigenvalue weighted by molar-refractivity contribution is 0.412. The molecule has 0 atom stereocenters. The summed E-state index contributed by atoms with van der Waals surface area (Å²) in [5, 5.41) is -0.0123. The molecule has 0 spiro atoms. The zero-order chi connectivity index (χ0) is 10.9. The van der Waals surface area contributed by atoms with Crippen molar-refractivity contribution in [1.82, 2.24) is 0 Å². The summed E-state index contributed by atoms with van der Waals surface area (Å²) in [7, 11) is 1.37. The zero-order valence-electron chi connectivity index (χ0n) is 7.65. The Morgan fingerprint density at radius 2 is 1.86 bits per heavy atom. The van der Waals surface area contributed by atoms with Crippen molar-refractivity contribution in [2.75, 3.05) is 7.11 Å².